The highest BCUT2D eigenvalue weighted by Crippen LogP contribution is 1.97. The first-order chi connectivity index (χ1) is 9.17. The molecular formula is C12H20N4O3. The number of amides is 1. The molecule has 2 N–H and O–H groups in total. The Hall–Kier alpha value is -1.89. The molecule has 0 spiro atoms. The van der Waals surface area contributed by atoms with Gasteiger partial charge >= 0.3 is 0 Å². The summed E-state index contributed by atoms with van der Waals surface area (Å²) in [5.41, 5.74) is 0.356. The van der Waals surface area contributed by atoms with E-state index in [1.54, 1.807) is 7.11 Å². The first-order valence-electron chi connectivity index (χ1n) is 6.24. The number of hydrogen-bond donors (Lipinski definition) is 2. The fraction of sp³-hybridized carbons (Fsp3) is 0.583. The average molecular weight is 268 g/mol. The lowest BCUT2D eigenvalue weighted by Crippen LogP contribution is -2.34. The molecule has 0 bridgehead atoms. The second-order valence-corrected chi connectivity index (χ2v) is 3.97. The number of carbonyl (C=O) groups excluding carboxylic acids is 1. The lowest BCUT2D eigenvalue weighted by atomic mass is 10.4. The monoisotopic (exact) mass is 268 g/mol. The SMILES string of the molecule is CCNc1cnn(CC(=O)NCCCOC)c(=O)c1. The normalized spacial score (nSPS) is 10.2. The number of ether oxygens (including phenoxy) is 1. The summed E-state index contributed by atoms with van der Waals surface area (Å²) in [6.45, 7) is 3.69. The van der Waals surface area contributed by atoms with E-state index >= 15 is 0 Å². The first kappa shape index (κ1) is 15.2. The third kappa shape index (κ3) is 5.52. The molecule has 0 fully saturated rings. The van der Waals surface area contributed by atoms with Gasteiger partial charge in [0.15, 0.2) is 0 Å². The van der Waals surface area contributed by atoms with Crippen molar-refractivity contribution in [3.63, 3.8) is 0 Å². The third-order valence-electron chi connectivity index (χ3n) is 2.39. The molecule has 0 radical (unpaired) electrons. The van der Waals surface area contributed by atoms with Crippen LogP contribution in [-0.4, -0.2) is 42.5 Å². The zero-order valence-electron chi connectivity index (χ0n) is 11.3. The van der Waals surface area contributed by atoms with Crippen molar-refractivity contribution in [1.29, 1.82) is 0 Å². The number of nitrogens with zero attached hydrogens (tertiary/aromatic N) is 2. The smallest absolute Gasteiger partial charge is 0.269 e. The number of hydrogen-bond acceptors (Lipinski definition) is 5. The summed E-state index contributed by atoms with van der Waals surface area (Å²) in [7, 11) is 1.61. The van der Waals surface area contributed by atoms with Gasteiger partial charge in [-0.1, -0.05) is 0 Å². The Morgan fingerprint density at radius 3 is 2.95 bits per heavy atom. The Balaban J connectivity index is 2.48. The maximum absolute atomic E-state index is 11.7. The number of carbonyl (C=O) groups is 1. The molecule has 0 aliphatic heterocycles. The molecule has 0 saturated heterocycles. The van der Waals surface area contributed by atoms with E-state index < -0.39 is 0 Å². The number of rotatable bonds is 8. The number of aromatic nitrogens is 2. The van der Waals surface area contributed by atoms with Crippen molar-refractivity contribution in [3.8, 4) is 0 Å². The van der Waals surface area contributed by atoms with E-state index in [9.17, 15) is 9.59 Å². The van der Waals surface area contributed by atoms with Crippen molar-refractivity contribution in [1.82, 2.24) is 15.1 Å². The van der Waals surface area contributed by atoms with Crippen molar-refractivity contribution < 1.29 is 9.53 Å². The lowest BCUT2D eigenvalue weighted by Gasteiger charge is -2.07. The van der Waals surface area contributed by atoms with Gasteiger partial charge in [0, 0.05) is 32.9 Å². The second kappa shape index (κ2) is 8.25. The molecule has 0 atom stereocenters. The van der Waals surface area contributed by atoms with Gasteiger partial charge in [0.25, 0.3) is 5.56 Å². The Morgan fingerprint density at radius 1 is 1.53 bits per heavy atom. The van der Waals surface area contributed by atoms with Crippen LogP contribution in [0.2, 0.25) is 0 Å². The fourth-order valence-corrected chi connectivity index (χ4v) is 1.49. The largest absolute Gasteiger partial charge is 0.385 e. The summed E-state index contributed by atoms with van der Waals surface area (Å²) in [6.07, 6.45) is 2.27. The predicted octanol–water partition coefficient (Wildman–Crippen LogP) is -0.172. The van der Waals surface area contributed by atoms with Crippen LogP contribution >= 0.6 is 0 Å². The molecule has 1 rings (SSSR count). The summed E-state index contributed by atoms with van der Waals surface area (Å²) in [6, 6.07) is 1.43. The van der Waals surface area contributed by atoms with Crippen molar-refractivity contribution in [2.24, 2.45) is 0 Å². The van der Waals surface area contributed by atoms with E-state index in [0.29, 0.717) is 25.4 Å². The van der Waals surface area contributed by atoms with Crippen LogP contribution in [0.25, 0.3) is 0 Å². The zero-order chi connectivity index (χ0) is 14.1. The second-order valence-electron chi connectivity index (χ2n) is 3.97. The van der Waals surface area contributed by atoms with E-state index in [1.165, 1.54) is 12.3 Å². The van der Waals surface area contributed by atoms with Crippen LogP contribution in [0.4, 0.5) is 5.69 Å². The highest BCUT2D eigenvalue weighted by Gasteiger charge is 2.05. The van der Waals surface area contributed by atoms with Crippen molar-refractivity contribution in [2.75, 3.05) is 32.1 Å². The summed E-state index contributed by atoms with van der Waals surface area (Å²) < 4.78 is 6.00. The Labute approximate surface area is 112 Å². The number of anilines is 1. The molecular weight excluding hydrogens is 248 g/mol. The molecule has 0 aliphatic rings. The van der Waals surface area contributed by atoms with Gasteiger partial charge in [-0.15, -0.1) is 0 Å². The van der Waals surface area contributed by atoms with Crippen LogP contribution in [0.3, 0.4) is 0 Å². The van der Waals surface area contributed by atoms with Crippen LogP contribution in [0.5, 0.6) is 0 Å². The highest BCUT2D eigenvalue weighted by molar-refractivity contribution is 5.75. The number of methoxy groups -OCH3 is 1. The van der Waals surface area contributed by atoms with E-state index in [0.717, 1.165) is 11.1 Å². The van der Waals surface area contributed by atoms with Crippen molar-refractivity contribution in [3.05, 3.63) is 22.6 Å². The summed E-state index contributed by atoms with van der Waals surface area (Å²) in [4.78, 5) is 23.3. The van der Waals surface area contributed by atoms with E-state index in [4.69, 9.17) is 4.74 Å². The van der Waals surface area contributed by atoms with Gasteiger partial charge in [0.05, 0.1) is 11.9 Å². The molecule has 7 heteroatoms. The lowest BCUT2D eigenvalue weighted by molar-refractivity contribution is -0.121. The van der Waals surface area contributed by atoms with Crippen LogP contribution in [0.1, 0.15) is 13.3 Å². The summed E-state index contributed by atoms with van der Waals surface area (Å²) in [5.74, 6) is -0.234. The van der Waals surface area contributed by atoms with E-state index in [-0.39, 0.29) is 18.0 Å². The first-order valence-corrected chi connectivity index (χ1v) is 6.24. The Bertz CT molecular complexity index is 459. The molecule has 0 saturated carbocycles. The quantitative estimate of drug-likeness (QED) is 0.639. The highest BCUT2D eigenvalue weighted by atomic mass is 16.5. The minimum absolute atomic E-state index is 0.0712. The summed E-state index contributed by atoms with van der Waals surface area (Å²) >= 11 is 0. The molecule has 1 aromatic heterocycles. The van der Waals surface area contributed by atoms with Crippen molar-refractivity contribution >= 4 is 11.6 Å². The fourth-order valence-electron chi connectivity index (χ4n) is 1.49. The van der Waals surface area contributed by atoms with Crippen LogP contribution in [-0.2, 0) is 16.1 Å². The van der Waals surface area contributed by atoms with E-state index in [2.05, 4.69) is 15.7 Å². The van der Waals surface area contributed by atoms with Crippen LogP contribution < -0.4 is 16.2 Å². The molecule has 1 heterocycles. The molecule has 1 aromatic rings. The van der Waals surface area contributed by atoms with Gasteiger partial charge in [-0.05, 0) is 13.3 Å². The van der Waals surface area contributed by atoms with Gasteiger partial charge in [0.2, 0.25) is 5.91 Å². The zero-order valence-corrected chi connectivity index (χ0v) is 11.3. The molecule has 0 aliphatic carbocycles. The van der Waals surface area contributed by atoms with Gasteiger partial charge in [-0.2, -0.15) is 5.10 Å². The minimum atomic E-state index is -0.300. The maximum Gasteiger partial charge on any atom is 0.269 e. The standard InChI is InChI=1S/C12H20N4O3/c1-3-13-10-7-12(18)16(15-8-10)9-11(17)14-5-4-6-19-2/h7-8,13H,3-6,9H2,1-2H3,(H,14,17). The minimum Gasteiger partial charge on any atom is -0.385 e. The van der Waals surface area contributed by atoms with E-state index in [1.807, 2.05) is 6.92 Å². The predicted molar refractivity (Wildman–Crippen MR) is 72.2 cm³/mol. The average Bonchev–Trinajstić information content (AvgIpc) is 2.38. The molecule has 0 unspecified atom stereocenters. The van der Waals surface area contributed by atoms with Crippen LogP contribution in [0, 0.1) is 0 Å². The molecule has 7 nitrogen and oxygen atoms in total. The Morgan fingerprint density at radius 2 is 2.32 bits per heavy atom. The van der Waals surface area contributed by atoms with Gasteiger partial charge in [0.1, 0.15) is 6.54 Å². The third-order valence-corrected chi connectivity index (χ3v) is 2.39. The number of nitrogens with one attached hydrogen (secondary N) is 2. The van der Waals surface area contributed by atoms with Crippen LogP contribution in [0.15, 0.2) is 17.1 Å². The Kier molecular flexibility index (Phi) is 6.59. The molecule has 19 heavy (non-hydrogen) atoms. The topological polar surface area (TPSA) is 85.2 Å². The van der Waals surface area contributed by atoms with Gasteiger partial charge < -0.3 is 15.4 Å². The molecule has 1 amide bonds. The van der Waals surface area contributed by atoms with Gasteiger partial charge in [-0.25, -0.2) is 4.68 Å². The molecule has 0 aromatic carbocycles. The maximum atomic E-state index is 11.7. The molecule has 106 valence electrons. The summed E-state index contributed by atoms with van der Waals surface area (Å²) in [5, 5.41) is 9.62. The van der Waals surface area contributed by atoms with Gasteiger partial charge in [-0.3, -0.25) is 9.59 Å². The van der Waals surface area contributed by atoms with Crippen molar-refractivity contribution in [2.45, 2.75) is 19.9 Å².